The van der Waals surface area contributed by atoms with Crippen LogP contribution >= 0.6 is 0 Å². The summed E-state index contributed by atoms with van der Waals surface area (Å²) in [5.41, 5.74) is 2.02. The lowest BCUT2D eigenvalue weighted by atomic mass is 9.97. The van der Waals surface area contributed by atoms with Crippen molar-refractivity contribution in [3.05, 3.63) is 65.0 Å². The smallest absolute Gasteiger partial charge is 0.165 e. The maximum Gasteiger partial charge on any atom is 0.165 e. The fourth-order valence-corrected chi connectivity index (χ4v) is 3.16. The molecule has 2 aromatic carbocycles. The van der Waals surface area contributed by atoms with Gasteiger partial charge in [-0.05, 0) is 37.2 Å². The van der Waals surface area contributed by atoms with Crippen LogP contribution in [-0.4, -0.2) is 24.3 Å². The summed E-state index contributed by atoms with van der Waals surface area (Å²) < 4.78 is 19.8. The second-order valence-electron chi connectivity index (χ2n) is 5.94. The molecule has 2 atom stereocenters. The highest BCUT2D eigenvalue weighted by Crippen LogP contribution is 2.42. The van der Waals surface area contributed by atoms with Crippen molar-refractivity contribution < 1.29 is 14.2 Å². The average molecular weight is 301 g/mol. The predicted octanol–water partition coefficient (Wildman–Crippen LogP) is 2.76. The molecule has 0 heterocycles. The molecule has 1 aliphatic carbocycles. The summed E-state index contributed by atoms with van der Waals surface area (Å²) in [5.74, 6) is -0.259. The number of likely N-dealkylation sites (N-methyl/N-ethyl adjacent to an activating group) is 1. The van der Waals surface area contributed by atoms with E-state index >= 15 is 0 Å². The van der Waals surface area contributed by atoms with Crippen molar-refractivity contribution in [2.75, 3.05) is 13.6 Å². The number of benzene rings is 2. The summed E-state index contributed by atoms with van der Waals surface area (Å²) in [6.07, 6.45) is -0.100. The highest BCUT2D eigenvalue weighted by Gasteiger charge is 2.46. The Kier molecular flexibility index (Phi) is 3.89. The molecule has 2 unspecified atom stereocenters. The molecule has 3 nitrogen and oxygen atoms in total. The number of aryl methyl sites for hydroxylation is 1. The van der Waals surface area contributed by atoms with Crippen LogP contribution in [0.25, 0.3) is 0 Å². The molecular weight excluding hydrogens is 281 g/mol. The first-order valence-electron chi connectivity index (χ1n) is 7.41. The van der Waals surface area contributed by atoms with Crippen molar-refractivity contribution in [3.63, 3.8) is 0 Å². The second-order valence-corrected chi connectivity index (χ2v) is 5.94. The summed E-state index contributed by atoms with van der Waals surface area (Å²) in [6, 6.07) is 12.3. The van der Waals surface area contributed by atoms with Gasteiger partial charge in [0, 0.05) is 13.0 Å². The minimum Gasteiger partial charge on any atom is -0.480 e. The van der Waals surface area contributed by atoms with Crippen molar-refractivity contribution in [1.82, 2.24) is 5.32 Å². The zero-order valence-corrected chi connectivity index (χ0v) is 12.8. The fraction of sp³-hybridized carbons (Fsp3) is 0.333. The van der Waals surface area contributed by atoms with Crippen LogP contribution in [0.2, 0.25) is 0 Å². The number of hydrogen-bond acceptors (Lipinski definition) is 3. The first-order valence-corrected chi connectivity index (χ1v) is 7.41. The molecule has 22 heavy (non-hydrogen) atoms. The summed E-state index contributed by atoms with van der Waals surface area (Å²) >= 11 is 0. The maximum atomic E-state index is 13.9. The third-order valence-electron chi connectivity index (χ3n) is 4.13. The van der Waals surface area contributed by atoms with Gasteiger partial charge >= 0.3 is 0 Å². The van der Waals surface area contributed by atoms with E-state index in [1.807, 2.05) is 19.1 Å². The minimum absolute atomic E-state index is 0.162. The van der Waals surface area contributed by atoms with Crippen LogP contribution in [0.5, 0.6) is 5.75 Å². The molecule has 0 radical (unpaired) electrons. The van der Waals surface area contributed by atoms with E-state index in [-0.39, 0.29) is 5.75 Å². The van der Waals surface area contributed by atoms with Gasteiger partial charge in [-0.25, -0.2) is 4.39 Å². The Morgan fingerprint density at radius 1 is 1.32 bits per heavy atom. The number of ether oxygens (including phenoxy) is 1. The van der Waals surface area contributed by atoms with Gasteiger partial charge < -0.3 is 15.2 Å². The largest absolute Gasteiger partial charge is 0.480 e. The van der Waals surface area contributed by atoms with Crippen LogP contribution in [0.15, 0.2) is 42.5 Å². The summed E-state index contributed by atoms with van der Waals surface area (Å²) in [5, 5.41) is 14.0. The lowest BCUT2D eigenvalue weighted by molar-refractivity contribution is -0.0496. The van der Waals surface area contributed by atoms with Gasteiger partial charge in [-0.1, -0.05) is 35.9 Å². The standard InChI is InChI=1S/C18H20FNO2/c1-12-7-8-14-13(9-12)10-18(21,11-20-2)17(14)22-16-6-4-3-5-15(16)19/h3-9,17,20-21H,10-11H2,1-2H3. The zero-order valence-electron chi connectivity index (χ0n) is 12.8. The van der Waals surface area contributed by atoms with E-state index in [0.29, 0.717) is 13.0 Å². The second kappa shape index (κ2) is 5.71. The summed E-state index contributed by atoms with van der Waals surface area (Å²) in [6.45, 7) is 2.39. The highest BCUT2D eigenvalue weighted by molar-refractivity contribution is 5.42. The number of hydrogen-bond donors (Lipinski definition) is 2. The molecule has 4 heteroatoms. The number of fused-ring (bicyclic) bond motifs is 1. The van der Waals surface area contributed by atoms with E-state index in [0.717, 1.165) is 16.7 Å². The van der Waals surface area contributed by atoms with Crippen molar-refractivity contribution in [2.24, 2.45) is 0 Å². The number of para-hydroxylation sites is 1. The van der Waals surface area contributed by atoms with Gasteiger partial charge in [0.2, 0.25) is 0 Å². The third-order valence-corrected chi connectivity index (χ3v) is 4.13. The van der Waals surface area contributed by atoms with E-state index in [1.54, 1.807) is 25.2 Å². The van der Waals surface area contributed by atoms with Crippen LogP contribution in [0.3, 0.4) is 0 Å². The summed E-state index contributed by atoms with van der Waals surface area (Å²) in [7, 11) is 1.78. The van der Waals surface area contributed by atoms with Crippen molar-refractivity contribution in [1.29, 1.82) is 0 Å². The fourth-order valence-electron chi connectivity index (χ4n) is 3.16. The van der Waals surface area contributed by atoms with Gasteiger partial charge in [0.05, 0.1) is 0 Å². The molecule has 0 aliphatic heterocycles. The van der Waals surface area contributed by atoms with Gasteiger partial charge in [-0.2, -0.15) is 0 Å². The number of aliphatic hydroxyl groups is 1. The Hall–Kier alpha value is -1.91. The Morgan fingerprint density at radius 2 is 2.09 bits per heavy atom. The van der Waals surface area contributed by atoms with Gasteiger partial charge in [0.25, 0.3) is 0 Å². The van der Waals surface area contributed by atoms with E-state index in [2.05, 4.69) is 11.4 Å². The van der Waals surface area contributed by atoms with E-state index in [4.69, 9.17) is 4.74 Å². The third kappa shape index (κ3) is 2.60. The van der Waals surface area contributed by atoms with Crippen molar-refractivity contribution in [3.8, 4) is 5.75 Å². The van der Waals surface area contributed by atoms with Gasteiger partial charge in [0.1, 0.15) is 5.60 Å². The molecule has 0 amide bonds. The van der Waals surface area contributed by atoms with Gasteiger partial charge in [0.15, 0.2) is 17.7 Å². The molecule has 1 aliphatic rings. The van der Waals surface area contributed by atoms with E-state index in [9.17, 15) is 9.50 Å². The van der Waals surface area contributed by atoms with Crippen LogP contribution in [0.1, 0.15) is 22.8 Å². The molecule has 116 valence electrons. The normalized spacial score (nSPS) is 23.4. The number of nitrogens with one attached hydrogen (secondary N) is 1. The summed E-state index contributed by atoms with van der Waals surface area (Å²) in [4.78, 5) is 0. The highest BCUT2D eigenvalue weighted by atomic mass is 19.1. The van der Waals surface area contributed by atoms with Crippen LogP contribution in [0, 0.1) is 12.7 Å². The van der Waals surface area contributed by atoms with Crippen molar-refractivity contribution in [2.45, 2.75) is 25.0 Å². The monoisotopic (exact) mass is 301 g/mol. The average Bonchev–Trinajstić information content (AvgIpc) is 2.73. The Labute approximate surface area is 129 Å². The Balaban J connectivity index is 2.00. The van der Waals surface area contributed by atoms with E-state index < -0.39 is 17.5 Å². The SMILES string of the molecule is CNCC1(O)Cc2cc(C)ccc2C1Oc1ccccc1F. The minimum atomic E-state index is -1.09. The Bertz CT molecular complexity index is 689. The molecule has 0 saturated carbocycles. The van der Waals surface area contributed by atoms with Crippen LogP contribution < -0.4 is 10.1 Å². The molecule has 2 aromatic rings. The van der Waals surface area contributed by atoms with Gasteiger partial charge in [-0.15, -0.1) is 0 Å². The maximum absolute atomic E-state index is 13.9. The lowest BCUT2D eigenvalue weighted by Gasteiger charge is -2.30. The topological polar surface area (TPSA) is 41.5 Å². The van der Waals surface area contributed by atoms with Gasteiger partial charge in [-0.3, -0.25) is 0 Å². The zero-order chi connectivity index (χ0) is 15.7. The number of rotatable bonds is 4. The van der Waals surface area contributed by atoms with E-state index in [1.165, 1.54) is 6.07 Å². The molecule has 0 aromatic heterocycles. The molecular formula is C18H20FNO2. The lowest BCUT2D eigenvalue weighted by Crippen LogP contribution is -2.45. The first-order chi connectivity index (χ1) is 10.5. The molecule has 0 spiro atoms. The van der Waals surface area contributed by atoms with Crippen LogP contribution in [-0.2, 0) is 6.42 Å². The quantitative estimate of drug-likeness (QED) is 0.912. The van der Waals surface area contributed by atoms with Crippen LogP contribution in [0.4, 0.5) is 4.39 Å². The molecule has 0 bridgehead atoms. The first kappa shape index (κ1) is 15.0. The Morgan fingerprint density at radius 3 is 2.82 bits per heavy atom. The molecule has 0 saturated heterocycles. The van der Waals surface area contributed by atoms with Crippen molar-refractivity contribution >= 4 is 0 Å². The molecule has 2 N–H and O–H groups in total. The predicted molar refractivity (Wildman–Crippen MR) is 83.5 cm³/mol. The number of halogens is 1. The molecule has 0 fully saturated rings. The molecule has 3 rings (SSSR count).